The summed E-state index contributed by atoms with van der Waals surface area (Å²) >= 11 is 0. The van der Waals surface area contributed by atoms with E-state index in [2.05, 4.69) is 20.4 Å². The molecule has 1 aromatic rings. The Hall–Kier alpha value is -1.84. The molecule has 0 aliphatic carbocycles. The van der Waals surface area contributed by atoms with E-state index in [0.717, 1.165) is 19.6 Å². The molecule has 0 radical (unpaired) electrons. The molecule has 21 heavy (non-hydrogen) atoms. The van der Waals surface area contributed by atoms with Gasteiger partial charge in [0.25, 0.3) is 0 Å². The van der Waals surface area contributed by atoms with E-state index in [1.54, 1.807) is 6.92 Å². The number of amides is 1. The molecule has 0 unspecified atom stereocenters. The topological polar surface area (TPSA) is 132 Å². The molecule has 1 rings (SSSR count). The summed E-state index contributed by atoms with van der Waals surface area (Å²) in [4.78, 5) is 22.2. The number of aryl methyl sites for hydroxylation is 1. The van der Waals surface area contributed by atoms with Crippen LogP contribution in [0.1, 0.15) is 11.5 Å². The standard InChI is InChI=1S/C12H22N4O5/c1-9-10(21-12(18)20-9)8-19-11(17)16-7-6-15-5-4-14-3-2-13/h14-15H,2-8,13H2,1H3,(H,16,17). The smallest absolute Gasteiger partial charge is 0.441 e. The van der Waals surface area contributed by atoms with E-state index in [0.29, 0.717) is 25.4 Å². The maximum Gasteiger partial charge on any atom is 0.519 e. The third kappa shape index (κ3) is 7.49. The molecule has 0 aliphatic heterocycles. The second-order valence-corrected chi connectivity index (χ2v) is 4.23. The van der Waals surface area contributed by atoms with Crippen molar-refractivity contribution in [1.29, 1.82) is 0 Å². The van der Waals surface area contributed by atoms with Gasteiger partial charge in [-0.3, -0.25) is 0 Å². The van der Waals surface area contributed by atoms with Crippen LogP contribution in [0.25, 0.3) is 0 Å². The van der Waals surface area contributed by atoms with Gasteiger partial charge >= 0.3 is 11.9 Å². The molecule has 120 valence electrons. The Kier molecular flexibility index (Phi) is 8.17. The first kappa shape index (κ1) is 17.2. The van der Waals surface area contributed by atoms with Crippen molar-refractivity contribution in [2.75, 3.05) is 39.3 Å². The lowest BCUT2D eigenvalue weighted by molar-refractivity contribution is 0.130. The van der Waals surface area contributed by atoms with Gasteiger partial charge in [-0.2, -0.15) is 0 Å². The number of carbonyl (C=O) groups excluding carboxylic acids is 1. The van der Waals surface area contributed by atoms with Crippen molar-refractivity contribution < 1.29 is 18.4 Å². The first-order chi connectivity index (χ1) is 10.1. The predicted molar refractivity (Wildman–Crippen MR) is 75.0 cm³/mol. The Bertz CT molecular complexity index is 470. The van der Waals surface area contributed by atoms with Gasteiger partial charge in [-0.25, -0.2) is 9.59 Å². The van der Waals surface area contributed by atoms with Crippen LogP contribution < -0.4 is 27.5 Å². The highest BCUT2D eigenvalue weighted by molar-refractivity contribution is 5.67. The van der Waals surface area contributed by atoms with Crippen molar-refractivity contribution in [3.63, 3.8) is 0 Å². The first-order valence-corrected chi connectivity index (χ1v) is 6.75. The molecule has 0 atom stereocenters. The minimum absolute atomic E-state index is 0.139. The summed E-state index contributed by atoms with van der Waals surface area (Å²) in [6.45, 7) is 5.49. The van der Waals surface area contributed by atoms with E-state index in [1.165, 1.54) is 0 Å². The predicted octanol–water partition coefficient (Wildman–Crippen LogP) is -1.09. The van der Waals surface area contributed by atoms with Crippen LogP contribution in [0.15, 0.2) is 13.6 Å². The van der Waals surface area contributed by atoms with Crippen molar-refractivity contribution in [1.82, 2.24) is 16.0 Å². The van der Waals surface area contributed by atoms with Crippen LogP contribution in [-0.2, 0) is 11.3 Å². The molecule has 0 saturated heterocycles. The molecule has 9 nitrogen and oxygen atoms in total. The van der Waals surface area contributed by atoms with Crippen molar-refractivity contribution >= 4 is 6.09 Å². The van der Waals surface area contributed by atoms with Crippen molar-refractivity contribution in [2.45, 2.75) is 13.5 Å². The summed E-state index contributed by atoms with van der Waals surface area (Å²) in [5.41, 5.74) is 5.33. The third-order valence-electron chi connectivity index (χ3n) is 2.54. The molecule has 0 spiro atoms. The molecule has 1 aromatic heterocycles. The van der Waals surface area contributed by atoms with Crippen LogP contribution in [0.2, 0.25) is 0 Å². The summed E-state index contributed by atoms with van der Waals surface area (Å²) in [5, 5.41) is 8.84. The van der Waals surface area contributed by atoms with Crippen LogP contribution in [0, 0.1) is 6.92 Å². The lowest BCUT2D eigenvalue weighted by Crippen LogP contribution is -2.36. The SMILES string of the molecule is Cc1oc(=O)oc1COC(=O)NCCNCCNCCN. The minimum atomic E-state index is -0.807. The first-order valence-electron chi connectivity index (χ1n) is 6.75. The van der Waals surface area contributed by atoms with Crippen molar-refractivity contribution in [2.24, 2.45) is 5.73 Å². The second-order valence-electron chi connectivity index (χ2n) is 4.23. The molecule has 0 saturated carbocycles. The summed E-state index contributed by atoms with van der Waals surface area (Å²) in [7, 11) is 0. The summed E-state index contributed by atoms with van der Waals surface area (Å²) in [6, 6.07) is 0. The van der Waals surface area contributed by atoms with E-state index >= 15 is 0 Å². The van der Waals surface area contributed by atoms with Gasteiger partial charge in [-0.1, -0.05) is 0 Å². The zero-order chi connectivity index (χ0) is 15.5. The maximum atomic E-state index is 11.4. The zero-order valence-electron chi connectivity index (χ0n) is 12.1. The largest absolute Gasteiger partial charge is 0.519 e. The van der Waals surface area contributed by atoms with Gasteiger partial charge < -0.3 is 35.3 Å². The Balaban J connectivity index is 2.01. The van der Waals surface area contributed by atoms with E-state index in [9.17, 15) is 9.59 Å². The number of hydrogen-bond acceptors (Lipinski definition) is 8. The van der Waals surface area contributed by atoms with E-state index < -0.39 is 11.9 Å². The molecule has 9 heteroatoms. The minimum Gasteiger partial charge on any atom is -0.441 e. The second kappa shape index (κ2) is 9.97. The highest BCUT2D eigenvalue weighted by atomic mass is 16.6. The van der Waals surface area contributed by atoms with E-state index in [-0.39, 0.29) is 12.4 Å². The maximum absolute atomic E-state index is 11.4. The quantitative estimate of drug-likeness (QED) is 0.401. The van der Waals surface area contributed by atoms with Crippen LogP contribution in [0.4, 0.5) is 4.79 Å². The van der Waals surface area contributed by atoms with Crippen LogP contribution in [0.5, 0.6) is 0 Å². The fourth-order valence-corrected chi connectivity index (χ4v) is 1.47. The average Bonchev–Trinajstić information content (AvgIpc) is 2.77. The van der Waals surface area contributed by atoms with Gasteiger partial charge in [0.1, 0.15) is 0 Å². The van der Waals surface area contributed by atoms with Crippen LogP contribution >= 0.6 is 0 Å². The average molecular weight is 302 g/mol. The molecular weight excluding hydrogens is 280 g/mol. The Morgan fingerprint density at radius 2 is 1.81 bits per heavy atom. The van der Waals surface area contributed by atoms with Crippen molar-refractivity contribution in [3.8, 4) is 0 Å². The molecule has 1 amide bonds. The molecule has 0 aliphatic rings. The molecule has 1 heterocycles. The zero-order valence-corrected chi connectivity index (χ0v) is 12.1. The fraction of sp³-hybridized carbons (Fsp3) is 0.667. The van der Waals surface area contributed by atoms with Crippen molar-refractivity contribution in [3.05, 3.63) is 22.1 Å². The molecule has 0 aromatic carbocycles. The number of hydrogen-bond donors (Lipinski definition) is 4. The number of carbonyl (C=O) groups is 1. The normalized spacial score (nSPS) is 10.6. The third-order valence-corrected chi connectivity index (χ3v) is 2.54. The number of nitrogens with two attached hydrogens (primary N) is 1. The van der Waals surface area contributed by atoms with Crippen LogP contribution in [0.3, 0.4) is 0 Å². The number of ether oxygens (including phenoxy) is 1. The Morgan fingerprint density at radius 3 is 2.43 bits per heavy atom. The molecular formula is C12H22N4O5. The van der Waals surface area contributed by atoms with E-state index in [4.69, 9.17) is 14.9 Å². The van der Waals surface area contributed by atoms with Gasteiger partial charge in [0.2, 0.25) is 0 Å². The Morgan fingerprint density at radius 1 is 1.14 bits per heavy atom. The van der Waals surface area contributed by atoms with Gasteiger partial charge in [0, 0.05) is 39.3 Å². The molecule has 5 N–H and O–H groups in total. The highest BCUT2D eigenvalue weighted by Crippen LogP contribution is 2.05. The number of alkyl carbamates (subject to hydrolysis) is 1. The van der Waals surface area contributed by atoms with Gasteiger partial charge in [-0.05, 0) is 6.92 Å². The summed E-state index contributed by atoms with van der Waals surface area (Å²) in [5.74, 6) is -0.294. The van der Waals surface area contributed by atoms with Gasteiger partial charge in [-0.15, -0.1) is 0 Å². The van der Waals surface area contributed by atoms with Crippen LogP contribution in [-0.4, -0.2) is 45.4 Å². The van der Waals surface area contributed by atoms with E-state index in [1.807, 2.05) is 0 Å². The summed E-state index contributed by atoms with van der Waals surface area (Å²) < 4.78 is 14.2. The lowest BCUT2D eigenvalue weighted by Gasteiger charge is -2.07. The van der Waals surface area contributed by atoms with Gasteiger partial charge in [0.05, 0.1) is 0 Å². The molecule has 0 bridgehead atoms. The number of nitrogens with one attached hydrogen (secondary N) is 3. The monoisotopic (exact) mass is 302 g/mol. The fourth-order valence-electron chi connectivity index (χ4n) is 1.47. The van der Waals surface area contributed by atoms with Gasteiger partial charge in [0.15, 0.2) is 18.1 Å². The lowest BCUT2D eigenvalue weighted by atomic mass is 10.4. The Labute approximate surface area is 122 Å². The summed E-state index contributed by atoms with van der Waals surface area (Å²) in [6.07, 6.45) is -0.582. The molecule has 0 fully saturated rings. The number of rotatable bonds is 10. The highest BCUT2D eigenvalue weighted by Gasteiger charge is 2.10.